The Labute approximate surface area is 147 Å². The Bertz CT molecular complexity index is 809. The van der Waals surface area contributed by atoms with Gasteiger partial charge in [-0.2, -0.15) is 0 Å². The molecule has 9 heteroatoms. The minimum absolute atomic E-state index is 0.0334. The van der Waals surface area contributed by atoms with E-state index in [9.17, 15) is 13.8 Å². The molecular weight excluding hydrogens is 358 g/mol. The van der Waals surface area contributed by atoms with Crippen LogP contribution >= 0.6 is 23.8 Å². The van der Waals surface area contributed by atoms with Crippen LogP contribution < -0.4 is 10.8 Å². The molecule has 0 radical (unpaired) electrons. The molecule has 0 atom stereocenters. The molecule has 2 N–H and O–H groups in total. The summed E-state index contributed by atoms with van der Waals surface area (Å²) in [6.07, 6.45) is 0. The molecule has 0 spiro atoms. The summed E-state index contributed by atoms with van der Waals surface area (Å²) in [4.78, 5) is 0. The van der Waals surface area contributed by atoms with Crippen LogP contribution in [0.1, 0.15) is 11.1 Å². The first-order chi connectivity index (χ1) is 11.4. The molecule has 0 bridgehead atoms. The normalized spacial score (nSPS) is 12.9. The van der Waals surface area contributed by atoms with Crippen LogP contribution in [0.4, 0.5) is 14.5 Å². The van der Waals surface area contributed by atoms with Gasteiger partial charge >= 0.3 is 7.12 Å². The lowest BCUT2D eigenvalue weighted by Gasteiger charge is -2.13. The summed E-state index contributed by atoms with van der Waals surface area (Å²) in [7, 11) is -1.01. The van der Waals surface area contributed by atoms with Crippen LogP contribution in [0.5, 0.6) is 0 Å². The van der Waals surface area contributed by atoms with Gasteiger partial charge in [0.2, 0.25) is 0 Å². The Morgan fingerprint density at radius 1 is 1.38 bits per heavy atom. The van der Waals surface area contributed by atoms with Gasteiger partial charge in [0.15, 0.2) is 0 Å². The van der Waals surface area contributed by atoms with Crippen LogP contribution in [0.15, 0.2) is 30.3 Å². The lowest BCUT2D eigenvalue weighted by Crippen LogP contribution is -2.28. The van der Waals surface area contributed by atoms with Crippen molar-refractivity contribution in [3.05, 3.63) is 58.1 Å². The zero-order valence-electron chi connectivity index (χ0n) is 12.2. The molecule has 1 heterocycles. The third-order valence-electron chi connectivity index (χ3n) is 3.50. The highest BCUT2D eigenvalue weighted by molar-refractivity contribution is 7.80. The van der Waals surface area contributed by atoms with Crippen LogP contribution in [-0.4, -0.2) is 17.3 Å². The van der Waals surface area contributed by atoms with Gasteiger partial charge in [-0.15, -0.1) is 0 Å². The van der Waals surface area contributed by atoms with E-state index < -0.39 is 18.8 Å². The second-order valence-corrected chi connectivity index (χ2v) is 5.91. The lowest BCUT2D eigenvalue weighted by atomic mass is 9.79. The molecule has 0 amide bonds. The highest BCUT2D eigenvalue weighted by atomic mass is 35.5. The number of fused-ring (bicyclic) bond motifs is 1. The van der Waals surface area contributed by atoms with Crippen molar-refractivity contribution in [2.75, 3.05) is 5.32 Å². The highest BCUT2D eigenvalue weighted by Crippen LogP contribution is 2.25. The van der Waals surface area contributed by atoms with Crippen LogP contribution in [-0.2, 0) is 22.6 Å². The van der Waals surface area contributed by atoms with Crippen LogP contribution in [0.25, 0.3) is 0 Å². The van der Waals surface area contributed by atoms with Crippen LogP contribution in [0.3, 0.4) is 0 Å². The van der Waals surface area contributed by atoms with E-state index in [0.717, 1.165) is 17.7 Å². The Morgan fingerprint density at radius 3 is 2.92 bits per heavy atom. The number of anilines is 1. The molecule has 24 heavy (non-hydrogen) atoms. The first-order valence-corrected chi connectivity index (χ1v) is 7.72. The summed E-state index contributed by atoms with van der Waals surface area (Å²) in [5.74, 6) is -1.38. The monoisotopic (exact) mass is 369 g/mol. The predicted molar refractivity (Wildman–Crippen MR) is 91.2 cm³/mol. The van der Waals surface area contributed by atoms with Gasteiger partial charge in [-0.1, -0.05) is 11.6 Å². The van der Waals surface area contributed by atoms with Gasteiger partial charge < -0.3 is 19.7 Å². The van der Waals surface area contributed by atoms with Gasteiger partial charge in [0, 0.05) is 11.6 Å². The molecule has 0 unspecified atom stereocenters. The first-order valence-electron chi connectivity index (χ1n) is 6.93. The van der Waals surface area contributed by atoms with Gasteiger partial charge in [0.25, 0.3) is 5.17 Å². The summed E-state index contributed by atoms with van der Waals surface area (Å²) in [5.41, 5.74) is 1.99. The van der Waals surface area contributed by atoms with Crippen molar-refractivity contribution in [1.82, 2.24) is 0 Å². The maximum absolute atomic E-state index is 13.5. The van der Waals surface area contributed by atoms with Gasteiger partial charge in [0.05, 0.1) is 17.3 Å². The van der Waals surface area contributed by atoms with Crippen molar-refractivity contribution in [2.24, 2.45) is 0 Å². The second-order valence-electron chi connectivity index (χ2n) is 5.13. The number of nitrogens with one attached hydrogen (secondary N) is 1. The van der Waals surface area contributed by atoms with Gasteiger partial charge in [-0.05, 0) is 47.5 Å². The molecule has 0 saturated heterocycles. The lowest BCUT2D eigenvalue weighted by molar-refractivity contribution is 0.275. The molecule has 0 aromatic heterocycles. The summed E-state index contributed by atoms with van der Waals surface area (Å²) in [5, 5.41) is 12.8. The minimum Gasteiger partial charge on any atom is -0.466 e. The topological polar surface area (TPSA) is 50.7 Å². The van der Waals surface area contributed by atoms with E-state index in [4.69, 9.17) is 33.2 Å². The molecule has 1 aliphatic heterocycles. The van der Waals surface area contributed by atoms with Crippen LogP contribution in [0, 0.1) is 11.6 Å². The largest absolute Gasteiger partial charge is 0.491 e. The molecule has 124 valence electrons. The number of hydrogen-bond acceptors (Lipinski definition) is 4. The SMILES string of the molecule is OB1OCc2cc(Cl)c(NC(=S)OCc3ccc(F)cc3F)cc21. The molecule has 2 aromatic carbocycles. The first kappa shape index (κ1) is 17.1. The van der Waals surface area contributed by atoms with Crippen molar-refractivity contribution in [2.45, 2.75) is 13.2 Å². The minimum atomic E-state index is -1.01. The Balaban J connectivity index is 1.66. The number of ether oxygens (including phenoxy) is 1. The van der Waals surface area contributed by atoms with E-state index in [-0.39, 0.29) is 24.0 Å². The fraction of sp³-hybridized carbons (Fsp3) is 0.133. The van der Waals surface area contributed by atoms with Crippen molar-refractivity contribution >= 4 is 47.3 Å². The van der Waals surface area contributed by atoms with E-state index in [1.165, 1.54) is 6.07 Å². The molecule has 3 rings (SSSR count). The molecule has 2 aromatic rings. The number of halogens is 3. The molecule has 0 fully saturated rings. The number of hydrogen-bond donors (Lipinski definition) is 2. The fourth-order valence-electron chi connectivity index (χ4n) is 2.27. The number of benzene rings is 2. The zero-order chi connectivity index (χ0) is 17.3. The van der Waals surface area contributed by atoms with Crippen molar-refractivity contribution in [3.8, 4) is 0 Å². The average Bonchev–Trinajstić information content (AvgIpc) is 2.87. The van der Waals surface area contributed by atoms with Crippen molar-refractivity contribution in [3.63, 3.8) is 0 Å². The molecule has 0 aliphatic carbocycles. The van der Waals surface area contributed by atoms with Gasteiger partial charge in [0.1, 0.15) is 18.2 Å². The molecular formula is C15H11BClF2NO3S. The average molecular weight is 370 g/mol. The van der Waals surface area contributed by atoms with E-state index in [2.05, 4.69) is 5.32 Å². The van der Waals surface area contributed by atoms with E-state index in [0.29, 0.717) is 16.2 Å². The maximum Gasteiger partial charge on any atom is 0.491 e. The number of thiocarbonyl (C=S) groups is 1. The summed E-state index contributed by atoms with van der Waals surface area (Å²) >= 11 is 11.2. The predicted octanol–water partition coefficient (Wildman–Crippen LogP) is 2.75. The van der Waals surface area contributed by atoms with Gasteiger partial charge in [-0.3, -0.25) is 0 Å². The highest BCUT2D eigenvalue weighted by Gasteiger charge is 2.28. The standard InChI is InChI=1S/C15H11BClF2NO3S/c17-12-3-9-7-23-16(21)11(9)5-14(12)20-15(24)22-6-8-1-2-10(18)4-13(8)19/h1-5,21H,6-7H2,(H,20,24). The van der Waals surface area contributed by atoms with Crippen LogP contribution in [0.2, 0.25) is 5.02 Å². The van der Waals surface area contributed by atoms with E-state index >= 15 is 0 Å². The van der Waals surface area contributed by atoms with E-state index in [1.807, 2.05) is 0 Å². The molecule has 0 saturated carbocycles. The third kappa shape index (κ3) is 3.67. The Hall–Kier alpha value is -1.74. The molecule has 4 nitrogen and oxygen atoms in total. The zero-order valence-corrected chi connectivity index (χ0v) is 13.8. The summed E-state index contributed by atoms with van der Waals surface area (Å²) in [6, 6.07) is 6.47. The second kappa shape index (κ2) is 7.02. The maximum atomic E-state index is 13.5. The van der Waals surface area contributed by atoms with Crippen molar-refractivity contribution in [1.29, 1.82) is 0 Å². The summed E-state index contributed by atoms with van der Waals surface area (Å²) < 4.78 is 36.8. The Morgan fingerprint density at radius 2 is 2.17 bits per heavy atom. The van der Waals surface area contributed by atoms with Crippen molar-refractivity contribution < 1.29 is 23.2 Å². The van der Waals surface area contributed by atoms with E-state index in [1.54, 1.807) is 12.1 Å². The smallest absolute Gasteiger partial charge is 0.466 e. The Kier molecular flexibility index (Phi) is 5.00. The summed E-state index contributed by atoms with van der Waals surface area (Å²) in [6.45, 7) is 0.119. The third-order valence-corrected chi connectivity index (χ3v) is 4.03. The number of rotatable bonds is 3. The molecule has 1 aliphatic rings. The van der Waals surface area contributed by atoms with Gasteiger partial charge in [-0.25, -0.2) is 8.78 Å². The fourth-order valence-corrected chi connectivity index (χ4v) is 2.67. The quantitative estimate of drug-likeness (QED) is 0.644.